The normalized spacial score (nSPS) is 21.0. The van der Waals surface area contributed by atoms with Crippen LogP contribution in [0.5, 0.6) is 0 Å². The summed E-state index contributed by atoms with van der Waals surface area (Å²) in [5.41, 5.74) is 3.82. The van der Waals surface area contributed by atoms with Crippen LogP contribution in [0.25, 0.3) is 10.9 Å². The fourth-order valence-electron chi connectivity index (χ4n) is 5.09. The van der Waals surface area contributed by atoms with Crippen molar-refractivity contribution in [1.82, 2.24) is 30.1 Å². The Kier molecular flexibility index (Phi) is 5.58. The molecule has 2 aliphatic heterocycles. The Hall–Kier alpha value is -2.58. The molecule has 2 unspecified atom stereocenters. The molecule has 2 aliphatic rings. The van der Waals surface area contributed by atoms with Crippen LogP contribution in [0.4, 0.5) is 0 Å². The Labute approximate surface area is 181 Å². The first-order valence-electron chi connectivity index (χ1n) is 11.4. The lowest BCUT2D eigenvalue weighted by Gasteiger charge is -2.33. The molecule has 8 heteroatoms. The molecule has 5 rings (SSSR count). The highest BCUT2D eigenvalue weighted by molar-refractivity contribution is 5.83. The summed E-state index contributed by atoms with van der Waals surface area (Å²) in [7, 11) is 0. The van der Waals surface area contributed by atoms with Crippen LogP contribution in [0.15, 0.2) is 23.0 Å². The maximum Gasteiger partial charge on any atom is 0.253 e. The summed E-state index contributed by atoms with van der Waals surface area (Å²) in [5, 5.41) is 13.8. The third kappa shape index (κ3) is 4.02. The summed E-state index contributed by atoms with van der Waals surface area (Å²) in [4.78, 5) is 18.8. The van der Waals surface area contributed by atoms with E-state index in [2.05, 4.69) is 45.3 Å². The van der Waals surface area contributed by atoms with Gasteiger partial charge in [0.1, 0.15) is 6.04 Å². The first-order valence-corrected chi connectivity index (χ1v) is 11.4. The van der Waals surface area contributed by atoms with Gasteiger partial charge in [-0.1, -0.05) is 12.5 Å². The summed E-state index contributed by atoms with van der Waals surface area (Å²) in [6.45, 7) is 7.42. The quantitative estimate of drug-likeness (QED) is 0.680. The number of benzene rings is 1. The van der Waals surface area contributed by atoms with Crippen molar-refractivity contribution in [3.63, 3.8) is 0 Å². The average Bonchev–Trinajstić information content (AvgIpc) is 3.43. The van der Waals surface area contributed by atoms with E-state index in [4.69, 9.17) is 4.74 Å². The Balaban J connectivity index is 1.62. The minimum atomic E-state index is -0.273. The number of tetrazole rings is 1. The van der Waals surface area contributed by atoms with E-state index in [1.54, 1.807) is 0 Å². The molecular weight excluding hydrogens is 392 g/mol. The van der Waals surface area contributed by atoms with Crippen LogP contribution >= 0.6 is 0 Å². The fourth-order valence-corrected chi connectivity index (χ4v) is 5.09. The number of ether oxygens (including phenoxy) is 1. The minimum Gasteiger partial charge on any atom is -0.376 e. The average molecular weight is 423 g/mol. The van der Waals surface area contributed by atoms with E-state index in [0.29, 0.717) is 12.1 Å². The van der Waals surface area contributed by atoms with E-state index in [0.717, 1.165) is 73.2 Å². The number of likely N-dealkylation sites (tertiary alicyclic amines) is 1. The van der Waals surface area contributed by atoms with Crippen molar-refractivity contribution >= 4 is 10.9 Å². The van der Waals surface area contributed by atoms with E-state index in [1.807, 2.05) is 16.8 Å². The van der Waals surface area contributed by atoms with E-state index >= 15 is 0 Å². The Morgan fingerprint density at radius 2 is 2.00 bits per heavy atom. The summed E-state index contributed by atoms with van der Waals surface area (Å²) >= 11 is 0. The van der Waals surface area contributed by atoms with Gasteiger partial charge in [0.2, 0.25) is 0 Å². The molecule has 0 bridgehead atoms. The zero-order chi connectivity index (χ0) is 21.4. The van der Waals surface area contributed by atoms with Crippen LogP contribution in [0, 0.1) is 13.8 Å². The number of aromatic nitrogens is 5. The summed E-state index contributed by atoms with van der Waals surface area (Å²) < 4.78 is 7.67. The lowest BCUT2D eigenvalue weighted by Crippen LogP contribution is -2.39. The number of nitrogens with one attached hydrogen (secondary N) is 1. The summed E-state index contributed by atoms with van der Waals surface area (Å²) in [6.07, 6.45) is 5.67. The molecule has 0 radical (unpaired) electrons. The number of rotatable bonds is 5. The van der Waals surface area contributed by atoms with Crippen molar-refractivity contribution < 1.29 is 4.74 Å². The molecule has 1 aromatic carbocycles. The van der Waals surface area contributed by atoms with Gasteiger partial charge in [-0.05, 0) is 86.3 Å². The monoisotopic (exact) mass is 422 g/mol. The van der Waals surface area contributed by atoms with Crippen LogP contribution < -0.4 is 5.56 Å². The molecular formula is C23H30N6O2. The van der Waals surface area contributed by atoms with Crippen LogP contribution in [0.3, 0.4) is 0 Å². The predicted octanol–water partition coefficient (Wildman–Crippen LogP) is 2.89. The van der Waals surface area contributed by atoms with Gasteiger partial charge in [0.25, 0.3) is 5.56 Å². The van der Waals surface area contributed by atoms with Gasteiger partial charge in [0.15, 0.2) is 5.82 Å². The van der Waals surface area contributed by atoms with Gasteiger partial charge in [-0.2, -0.15) is 0 Å². The highest BCUT2D eigenvalue weighted by atomic mass is 16.5. The number of pyridine rings is 1. The lowest BCUT2D eigenvalue weighted by atomic mass is 9.98. The largest absolute Gasteiger partial charge is 0.376 e. The number of hydrogen-bond acceptors (Lipinski definition) is 6. The first-order chi connectivity index (χ1) is 15.1. The molecule has 164 valence electrons. The molecule has 1 N–H and O–H groups in total. The van der Waals surface area contributed by atoms with Gasteiger partial charge < -0.3 is 9.72 Å². The number of nitrogens with zero attached hydrogens (tertiary/aromatic N) is 5. The predicted molar refractivity (Wildman–Crippen MR) is 118 cm³/mol. The van der Waals surface area contributed by atoms with Crippen molar-refractivity contribution in [1.29, 1.82) is 0 Å². The standard InChI is InChI=1S/C23H30N6O2/c1-15-11-16(2)18-13-19(23(30)24-20(18)12-15)21(28-8-4-3-5-9-28)22-25-26-27-29(22)14-17-7-6-10-31-17/h11-13,17,21H,3-10,14H2,1-2H3,(H,24,30). The van der Waals surface area contributed by atoms with Crippen molar-refractivity contribution in [3.05, 3.63) is 51.1 Å². The third-order valence-corrected chi connectivity index (χ3v) is 6.60. The molecule has 4 heterocycles. The van der Waals surface area contributed by atoms with Gasteiger partial charge in [-0.25, -0.2) is 4.68 Å². The van der Waals surface area contributed by atoms with Crippen LogP contribution in [0.1, 0.15) is 60.7 Å². The fraction of sp³-hybridized carbons (Fsp3) is 0.565. The van der Waals surface area contributed by atoms with Crippen molar-refractivity contribution in [2.24, 2.45) is 0 Å². The van der Waals surface area contributed by atoms with Crippen molar-refractivity contribution in [2.45, 2.75) is 64.6 Å². The molecule has 3 aromatic rings. The highest BCUT2D eigenvalue weighted by Crippen LogP contribution is 2.30. The smallest absolute Gasteiger partial charge is 0.253 e. The number of hydrogen-bond donors (Lipinski definition) is 1. The van der Waals surface area contributed by atoms with E-state index in [-0.39, 0.29) is 17.7 Å². The Morgan fingerprint density at radius 3 is 2.77 bits per heavy atom. The maximum atomic E-state index is 13.3. The van der Waals surface area contributed by atoms with E-state index in [9.17, 15) is 4.79 Å². The topological polar surface area (TPSA) is 88.9 Å². The molecule has 0 spiro atoms. The van der Waals surface area contributed by atoms with Crippen molar-refractivity contribution in [2.75, 3.05) is 19.7 Å². The van der Waals surface area contributed by atoms with Gasteiger partial charge in [-0.3, -0.25) is 9.69 Å². The van der Waals surface area contributed by atoms with Gasteiger partial charge in [0.05, 0.1) is 12.6 Å². The second-order valence-electron chi connectivity index (χ2n) is 8.95. The van der Waals surface area contributed by atoms with E-state index < -0.39 is 0 Å². The van der Waals surface area contributed by atoms with Crippen LogP contribution in [0.2, 0.25) is 0 Å². The lowest BCUT2D eigenvalue weighted by molar-refractivity contribution is 0.0902. The van der Waals surface area contributed by atoms with Gasteiger partial charge in [-0.15, -0.1) is 5.10 Å². The molecule has 2 saturated heterocycles. The zero-order valence-electron chi connectivity index (χ0n) is 18.3. The van der Waals surface area contributed by atoms with Crippen LogP contribution in [-0.4, -0.2) is 55.9 Å². The highest BCUT2D eigenvalue weighted by Gasteiger charge is 2.32. The number of fused-ring (bicyclic) bond motifs is 1. The Morgan fingerprint density at radius 1 is 1.16 bits per heavy atom. The summed E-state index contributed by atoms with van der Waals surface area (Å²) in [6, 6.07) is 5.96. The summed E-state index contributed by atoms with van der Waals surface area (Å²) in [5.74, 6) is 0.729. The molecule has 0 amide bonds. The number of aromatic amines is 1. The molecule has 2 fully saturated rings. The second-order valence-corrected chi connectivity index (χ2v) is 8.95. The zero-order valence-corrected chi connectivity index (χ0v) is 18.3. The number of aryl methyl sites for hydroxylation is 2. The van der Waals surface area contributed by atoms with Gasteiger partial charge in [0, 0.05) is 23.1 Å². The molecule has 31 heavy (non-hydrogen) atoms. The number of H-pyrrole nitrogens is 1. The molecule has 0 aliphatic carbocycles. The second kappa shape index (κ2) is 8.51. The first kappa shape index (κ1) is 20.3. The molecule has 0 saturated carbocycles. The Bertz CT molecular complexity index is 1120. The minimum absolute atomic E-state index is 0.0697. The molecule has 2 aromatic heterocycles. The van der Waals surface area contributed by atoms with Crippen LogP contribution in [-0.2, 0) is 11.3 Å². The molecule has 2 atom stereocenters. The molecule has 8 nitrogen and oxygen atoms in total. The van der Waals surface area contributed by atoms with Crippen molar-refractivity contribution in [3.8, 4) is 0 Å². The maximum absolute atomic E-state index is 13.3. The number of piperidine rings is 1. The SMILES string of the molecule is Cc1cc(C)c2cc(C(c3nnnn3CC3CCCO3)N3CCCCC3)c(=O)[nH]c2c1. The van der Waals surface area contributed by atoms with Gasteiger partial charge >= 0.3 is 0 Å². The van der Waals surface area contributed by atoms with E-state index in [1.165, 1.54) is 6.42 Å². The third-order valence-electron chi connectivity index (χ3n) is 6.60.